The number of hydrogen-bond donors (Lipinski definition) is 1. The normalized spacial score (nSPS) is 18.1. The smallest absolute Gasteiger partial charge is 0.229 e. The molecule has 21 heavy (non-hydrogen) atoms. The van der Waals surface area contributed by atoms with Crippen LogP contribution in [-0.4, -0.2) is 29.8 Å². The zero-order chi connectivity index (χ0) is 15.4. The van der Waals surface area contributed by atoms with Gasteiger partial charge in [0.2, 0.25) is 11.8 Å². The number of carbonyl (C=O) groups is 2. The molecule has 1 atom stereocenters. The van der Waals surface area contributed by atoms with Gasteiger partial charge in [0.25, 0.3) is 0 Å². The van der Waals surface area contributed by atoms with Crippen LogP contribution in [0.25, 0.3) is 0 Å². The summed E-state index contributed by atoms with van der Waals surface area (Å²) < 4.78 is 0.986. The van der Waals surface area contributed by atoms with Gasteiger partial charge in [-0.25, -0.2) is 0 Å². The van der Waals surface area contributed by atoms with Crippen molar-refractivity contribution in [1.29, 1.82) is 0 Å². The fourth-order valence-electron chi connectivity index (χ4n) is 2.51. The van der Waals surface area contributed by atoms with Crippen molar-refractivity contribution >= 4 is 33.4 Å². The van der Waals surface area contributed by atoms with E-state index in [2.05, 4.69) is 28.2 Å². The number of hydrogen-bond acceptors (Lipinski definition) is 2. The van der Waals surface area contributed by atoms with Crippen LogP contribution in [0.1, 0.15) is 31.7 Å². The van der Waals surface area contributed by atoms with Crippen LogP contribution in [0.2, 0.25) is 0 Å². The van der Waals surface area contributed by atoms with Crippen LogP contribution in [0.15, 0.2) is 22.7 Å². The van der Waals surface area contributed by atoms with Gasteiger partial charge in [0.15, 0.2) is 0 Å². The summed E-state index contributed by atoms with van der Waals surface area (Å²) in [4.78, 5) is 26.0. The maximum atomic E-state index is 12.3. The number of likely N-dealkylation sites (tertiary alicyclic amines) is 1. The van der Waals surface area contributed by atoms with Gasteiger partial charge in [0.05, 0.1) is 5.92 Å². The van der Waals surface area contributed by atoms with Crippen molar-refractivity contribution in [2.75, 3.05) is 18.4 Å². The average molecular weight is 353 g/mol. The maximum Gasteiger partial charge on any atom is 0.229 e. The second kappa shape index (κ2) is 7.07. The quantitative estimate of drug-likeness (QED) is 0.883. The summed E-state index contributed by atoms with van der Waals surface area (Å²) >= 11 is 3.40. The van der Waals surface area contributed by atoms with Gasteiger partial charge in [0.1, 0.15) is 0 Å². The molecule has 1 heterocycles. The van der Waals surface area contributed by atoms with E-state index in [1.807, 2.05) is 30.0 Å². The molecule has 1 fully saturated rings. The van der Waals surface area contributed by atoms with Crippen LogP contribution in [0.4, 0.5) is 5.69 Å². The summed E-state index contributed by atoms with van der Waals surface area (Å²) in [6, 6.07) is 5.74. The number of benzene rings is 1. The molecular formula is C16H21BrN2O2. The molecule has 0 spiro atoms. The molecule has 1 saturated heterocycles. The van der Waals surface area contributed by atoms with Gasteiger partial charge in [-0.05, 0) is 37.1 Å². The number of nitrogens with zero attached hydrogens (tertiary/aromatic N) is 1. The van der Waals surface area contributed by atoms with Gasteiger partial charge in [-0.15, -0.1) is 0 Å². The summed E-state index contributed by atoms with van der Waals surface area (Å²) in [7, 11) is 0. The first-order chi connectivity index (χ1) is 10.0. The van der Waals surface area contributed by atoms with Crippen molar-refractivity contribution in [3.05, 3.63) is 28.2 Å². The molecule has 0 aliphatic carbocycles. The third-order valence-electron chi connectivity index (χ3n) is 3.81. The van der Waals surface area contributed by atoms with Crippen LogP contribution in [-0.2, 0) is 9.59 Å². The molecule has 0 bridgehead atoms. The van der Waals surface area contributed by atoms with Gasteiger partial charge in [-0.3, -0.25) is 9.59 Å². The summed E-state index contributed by atoms with van der Waals surface area (Å²) in [6.07, 6.45) is 2.37. The lowest BCUT2D eigenvalue weighted by atomic mass is 10.1. The number of nitrogens with one attached hydrogen (secondary N) is 1. The van der Waals surface area contributed by atoms with Gasteiger partial charge in [0, 0.05) is 29.7 Å². The summed E-state index contributed by atoms with van der Waals surface area (Å²) in [5, 5.41) is 2.94. The molecule has 0 aromatic heterocycles. The van der Waals surface area contributed by atoms with E-state index in [-0.39, 0.29) is 17.7 Å². The first-order valence-corrected chi connectivity index (χ1v) is 8.15. The van der Waals surface area contributed by atoms with Gasteiger partial charge in [-0.2, -0.15) is 0 Å². The average Bonchev–Trinajstić information content (AvgIpc) is 2.81. The molecule has 2 amide bonds. The third-order valence-corrected chi connectivity index (χ3v) is 4.31. The van der Waals surface area contributed by atoms with E-state index in [0.29, 0.717) is 13.0 Å². The Bertz CT molecular complexity index is 545. The van der Waals surface area contributed by atoms with Crippen molar-refractivity contribution in [1.82, 2.24) is 4.90 Å². The van der Waals surface area contributed by atoms with E-state index in [1.54, 1.807) is 0 Å². The van der Waals surface area contributed by atoms with Crippen molar-refractivity contribution in [3.63, 3.8) is 0 Å². The van der Waals surface area contributed by atoms with Crippen molar-refractivity contribution < 1.29 is 9.59 Å². The fourth-order valence-corrected chi connectivity index (χ4v) is 2.99. The Hall–Kier alpha value is -1.36. The lowest BCUT2D eigenvalue weighted by molar-refractivity contribution is -0.128. The van der Waals surface area contributed by atoms with Crippen molar-refractivity contribution in [2.45, 2.75) is 33.1 Å². The van der Waals surface area contributed by atoms with Gasteiger partial charge >= 0.3 is 0 Å². The molecule has 5 heteroatoms. The third kappa shape index (κ3) is 4.06. The second-order valence-electron chi connectivity index (χ2n) is 5.54. The number of aryl methyl sites for hydroxylation is 1. The molecular weight excluding hydrogens is 332 g/mol. The molecule has 0 unspecified atom stereocenters. The van der Waals surface area contributed by atoms with Gasteiger partial charge in [-0.1, -0.05) is 29.3 Å². The minimum Gasteiger partial charge on any atom is -0.342 e. The Morgan fingerprint density at radius 1 is 1.48 bits per heavy atom. The van der Waals surface area contributed by atoms with Crippen LogP contribution in [0, 0.1) is 12.8 Å². The molecule has 0 radical (unpaired) electrons. The number of rotatable bonds is 5. The molecule has 1 aromatic rings. The first-order valence-electron chi connectivity index (χ1n) is 7.36. The van der Waals surface area contributed by atoms with E-state index in [4.69, 9.17) is 0 Å². The summed E-state index contributed by atoms with van der Waals surface area (Å²) in [6.45, 7) is 5.35. The number of carbonyl (C=O) groups excluding carboxylic acids is 2. The molecule has 114 valence electrons. The topological polar surface area (TPSA) is 49.4 Å². The SMILES string of the molecule is CCCCN1C[C@H](C(=O)Nc2ccc(Br)cc2C)CC1=O. The highest BCUT2D eigenvalue weighted by molar-refractivity contribution is 9.10. The molecule has 1 aromatic carbocycles. The largest absolute Gasteiger partial charge is 0.342 e. The number of halogens is 1. The summed E-state index contributed by atoms with van der Waals surface area (Å²) in [5.74, 6) is -0.207. The Morgan fingerprint density at radius 3 is 2.90 bits per heavy atom. The lowest BCUT2D eigenvalue weighted by Crippen LogP contribution is -2.29. The van der Waals surface area contributed by atoms with E-state index in [9.17, 15) is 9.59 Å². The Labute approximate surface area is 134 Å². The monoisotopic (exact) mass is 352 g/mol. The van der Waals surface area contributed by atoms with Crippen LogP contribution in [0.5, 0.6) is 0 Å². The molecule has 0 saturated carbocycles. The molecule has 1 aliphatic heterocycles. The highest BCUT2D eigenvalue weighted by Crippen LogP contribution is 2.23. The minimum atomic E-state index is -0.239. The number of amides is 2. The maximum absolute atomic E-state index is 12.3. The van der Waals surface area contributed by atoms with Crippen molar-refractivity contribution in [2.24, 2.45) is 5.92 Å². The van der Waals surface area contributed by atoms with Crippen LogP contribution >= 0.6 is 15.9 Å². The summed E-state index contributed by atoms with van der Waals surface area (Å²) in [5.41, 5.74) is 1.81. The molecule has 2 rings (SSSR count). The lowest BCUT2D eigenvalue weighted by Gasteiger charge is -2.16. The van der Waals surface area contributed by atoms with Gasteiger partial charge < -0.3 is 10.2 Å². The standard InChI is InChI=1S/C16H21BrN2O2/c1-3-4-7-19-10-12(9-15(19)20)16(21)18-14-6-5-13(17)8-11(14)2/h5-6,8,12H,3-4,7,9-10H2,1-2H3,(H,18,21)/t12-/m1/s1. The predicted molar refractivity (Wildman–Crippen MR) is 87.1 cm³/mol. The Balaban J connectivity index is 1.96. The Kier molecular flexibility index (Phi) is 5.39. The van der Waals surface area contributed by atoms with Crippen LogP contribution < -0.4 is 5.32 Å². The molecule has 1 aliphatic rings. The van der Waals surface area contributed by atoms with E-state index in [1.165, 1.54) is 0 Å². The molecule has 1 N–H and O–H groups in total. The number of unbranched alkanes of at least 4 members (excludes halogenated alkanes) is 1. The van der Waals surface area contributed by atoms with E-state index < -0.39 is 0 Å². The predicted octanol–water partition coefficient (Wildman–Crippen LogP) is 3.34. The zero-order valence-electron chi connectivity index (χ0n) is 12.5. The number of anilines is 1. The van der Waals surface area contributed by atoms with Crippen LogP contribution in [0.3, 0.4) is 0 Å². The first kappa shape index (κ1) is 16.0. The zero-order valence-corrected chi connectivity index (χ0v) is 14.1. The highest BCUT2D eigenvalue weighted by atomic mass is 79.9. The Morgan fingerprint density at radius 2 is 2.24 bits per heavy atom. The fraction of sp³-hybridized carbons (Fsp3) is 0.500. The van der Waals surface area contributed by atoms with E-state index in [0.717, 1.165) is 35.1 Å². The minimum absolute atomic E-state index is 0.0622. The second-order valence-corrected chi connectivity index (χ2v) is 6.46. The van der Waals surface area contributed by atoms with Crippen molar-refractivity contribution in [3.8, 4) is 0 Å². The molecule has 4 nitrogen and oxygen atoms in total. The highest BCUT2D eigenvalue weighted by Gasteiger charge is 2.33. The van der Waals surface area contributed by atoms with E-state index >= 15 is 0 Å².